The molecule has 0 unspecified atom stereocenters. The van der Waals surface area contributed by atoms with E-state index >= 15 is 0 Å². The van der Waals surface area contributed by atoms with E-state index in [4.69, 9.17) is 14.2 Å². The molecule has 0 bridgehead atoms. The summed E-state index contributed by atoms with van der Waals surface area (Å²) in [5, 5.41) is 53.9. The van der Waals surface area contributed by atoms with Gasteiger partial charge in [-0.3, -0.25) is 0 Å². The van der Waals surface area contributed by atoms with E-state index < -0.39 is 36.3 Å². The van der Waals surface area contributed by atoms with Crippen molar-refractivity contribution in [3.05, 3.63) is 11.6 Å². The summed E-state index contributed by atoms with van der Waals surface area (Å²) in [6.45, 7) is 4.27. The van der Waals surface area contributed by atoms with Crippen LogP contribution in [0.5, 0.6) is 0 Å². The Morgan fingerprint density at radius 3 is 2.50 bits per heavy atom. The molecular formula is C29H44O9. The molecule has 0 aromatic carbocycles. The van der Waals surface area contributed by atoms with Crippen molar-refractivity contribution in [2.24, 2.45) is 34.5 Å². The lowest BCUT2D eigenvalue weighted by atomic mass is 9.43. The zero-order valence-electron chi connectivity index (χ0n) is 22.5. The molecule has 6 aliphatic rings. The Hall–Kier alpha value is -1.07. The number of hydrogen-bond donors (Lipinski definition) is 5. The number of esters is 1. The van der Waals surface area contributed by atoms with E-state index in [0.29, 0.717) is 19.4 Å². The zero-order chi connectivity index (χ0) is 27.0. The number of cyclic esters (lactones) is 1. The minimum atomic E-state index is -1.32. The van der Waals surface area contributed by atoms with Gasteiger partial charge in [0.05, 0.1) is 17.8 Å². The Morgan fingerprint density at radius 1 is 1.00 bits per heavy atom. The van der Waals surface area contributed by atoms with Crippen molar-refractivity contribution < 1.29 is 44.5 Å². The number of rotatable bonds is 4. The van der Waals surface area contributed by atoms with Gasteiger partial charge in [-0.05, 0) is 99.4 Å². The molecule has 5 fully saturated rings. The molecule has 0 spiro atoms. The monoisotopic (exact) mass is 536 g/mol. The third-order valence-electron chi connectivity index (χ3n) is 12.1. The SMILES string of the molecule is C[C@H]1O[C@@H](O[C@H]2CC[C@@]3(CO)[C@H](CC[C@@H]4[C@@H]3CC[C@]3(C)[C@@H](C5=CC(=O)OC5)CC[C@]43O)C2)[C@@H](O)[C@@H](O)[C@@H]1O. The maximum Gasteiger partial charge on any atom is 0.331 e. The largest absolute Gasteiger partial charge is 0.458 e. The number of aliphatic hydroxyl groups excluding tert-OH is 4. The molecule has 214 valence electrons. The van der Waals surface area contributed by atoms with E-state index in [-0.39, 0.29) is 53.2 Å². The van der Waals surface area contributed by atoms with Gasteiger partial charge in [0.15, 0.2) is 6.29 Å². The zero-order valence-corrected chi connectivity index (χ0v) is 22.5. The number of carbonyl (C=O) groups excluding carboxylic acids is 1. The van der Waals surface area contributed by atoms with Crippen LogP contribution in [-0.4, -0.2) is 87.1 Å². The Labute approximate surface area is 224 Å². The van der Waals surface area contributed by atoms with Crippen LogP contribution >= 0.6 is 0 Å². The van der Waals surface area contributed by atoms with Crippen LogP contribution in [0.25, 0.3) is 0 Å². The van der Waals surface area contributed by atoms with Crippen LogP contribution in [0.4, 0.5) is 0 Å². The maximum absolute atomic E-state index is 12.4. The Bertz CT molecular complexity index is 970. The van der Waals surface area contributed by atoms with Crippen LogP contribution < -0.4 is 0 Å². The van der Waals surface area contributed by atoms with Crippen LogP contribution in [0.1, 0.15) is 71.6 Å². The summed E-state index contributed by atoms with van der Waals surface area (Å²) in [5.41, 5.74) is -0.401. The summed E-state index contributed by atoms with van der Waals surface area (Å²) in [6.07, 6.45) is 3.35. The van der Waals surface area contributed by atoms with E-state index in [0.717, 1.165) is 50.5 Å². The summed E-state index contributed by atoms with van der Waals surface area (Å²) in [4.78, 5) is 11.8. The summed E-state index contributed by atoms with van der Waals surface area (Å²) < 4.78 is 17.1. The van der Waals surface area contributed by atoms with E-state index in [2.05, 4.69) is 6.92 Å². The Balaban J connectivity index is 1.19. The Kier molecular flexibility index (Phi) is 6.78. The number of ether oxygens (including phenoxy) is 3. The number of aliphatic hydroxyl groups is 5. The number of fused-ring (bicyclic) bond motifs is 5. The predicted molar refractivity (Wildman–Crippen MR) is 134 cm³/mol. The molecule has 0 amide bonds. The highest BCUT2D eigenvalue weighted by atomic mass is 16.7. The molecular weight excluding hydrogens is 492 g/mol. The molecule has 6 rings (SSSR count). The molecule has 1 saturated heterocycles. The third-order valence-corrected chi connectivity index (χ3v) is 12.1. The van der Waals surface area contributed by atoms with Crippen molar-refractivity contribution in [1.82, 2.24) is 0 Å². The quantitative estimate of drug-likeness (QED) is 0.266. The van der Waals surface area contributed by atoms with Gasteiger partial charge in [-0.1, -0.05) is 6.92 Å². The summed E-state index contributed by atoms with van der Waals surface area (Å²) in [7, 11) is 0. The van der Waals surface area contributed by atoms with Gasteiger partial charge in [-0.15, -0.1) is 0 Å². The molecule has 4 aliphatic carbocycles. The van der Waals surface area contributed by atoms with Crippen molar-refractivity contribution in [1.29, 1.82) is 0 Å². The van der Waals surface area contributed by atoms with Gasteiger partial charge in [0.1, 0.15) is 24.9 Å². The van der Waals surface area contributed by atoms with Gasteiger partial charge in [0.25, 0.3) is 0 Å². The molecule has 13 atom stereocenters. The number of carbonyl (C=O) groups is 1. The van der Waals surface area contributed by atoms with Crippen LogP contribution in [0, 0.1) is 34.5 Å². The lowest BCUT2D eigenvalue weighted by Gasteiger charge is -2.64. The second kappa shape index (κ2) is 9.50. The highest BCUT2D eigenvalue weighted by molar-refractivity contribution is 5.85. The van der Waals surface area contributed by atoms with E-state index in [1.165, 1.54) is 0 Å². The second-order valence-electron chi connectivity index (χ2n) is 13.4. The third kappa shape index (κ3) is 3.80. The first-order valence-corrected chi connectivity index (χ1v) is 14.6. The fraction of sp³-hybridized carbons (Fsp3) is 0.897. The summed E-state index contributed by atoms with van der Waals surface area (Å²) >= 11 is 0. The van der Waals surface area contributed by atoms with Gasteiger partial charge < -0.3 is 39.7 Å². The van der Waals surface area contributed by atoms with Gasteiger partial charge in [-0.25, -0.2) is 4.79 Å². The average Bonchev–Trinajstić information content (AvgIpc) is 3.45. The lowest BCUT2D eigenvalue weighted by molar-refractivity contribution is -0.311. The Morgan fingerprint density at radius 2 is 1.79 bits per heavy atom. The van der Waals surface area contributed by atoms with Crippen LogP contribution in [0.2, 0.25) is 0 Å². The first-order chi connectivity index (χ1) is 18.0. The highest BCUT2D eigenvalue weighted by Crippen LogP contribution is 2.70. The highest BCUT2D eigenvalue weighted by Gasteiger charge is 2.68. The minimum Gasteiger partial charge on any atom is -0.458 e. The molecule has 2 aliphatic heterocycles. The minimum absolute atomic E-state index is 0.0831. The number of hydrogen-bond acceptors (Lipinski definition) is 9. The smallest absolute Gasteiger partial charge is 0.331 e. The van der Waals surface area contributed by atoms with Gasteiger partial charge in [0.2, 0.25) is 0 Å². The van der Waals surface area contributed by atoms with Crippen LogP contribution in [0.3, 0.4) is 0 Å². The molecule has 0 aromatic rings. The lowest BCUT2D eigenvalue weighted by Crippen LogP contribution is -2.64. The fourth-order valence-corrected chi connectivity index (χ4v) is 9.91. The van der Waals surface area contributed by atoms with Gasteiger partial charge >= 0.3 is 5.97 Å². The molecule has 9 heteroatoms. The molecule has 38 heavy (non-hydrogen) atoms. The first kappa shape index (κ1) is 27.1. The molecule has 4 saturated carbocycles. The normalized spacial score (nSPS) is 54.5. The van der Waals surface area contributed by atoms with E-state index in [1.807, 2.05) is 0 Å². The van der Waals surface area contributed by atoms with Gasteiger partial charge in [-0.2, -0.15) is 0 Å². The van der Waals surface area contributed by atoms with Crippen molar-refractivity contribution in [3.63, 3.8) is 0 Å². The second-order valence-corrected chi connectivity index (χ2v) is 13.4. The van der Waals surface area contributed by atoms with E-state index in [9.17, 15) is 30.3 Å². The topological polar surface area (TPSA) is 146 Å². The molecule has 9 nitrogen and oxygen atoms in total. The van der Waals surface area contributed by atoms with Crippen LogP contribution in [0.15, 0.2) is 11.6 Å². The van der Waals surface area contributed by atoms with E-state index in [1.54, 1.807) is 13.0 Å². The molecule has 0 aromatic heterocycles. The average molecular weight is 537 g/mol. The van der Waals surface area contributed by atoms with Crippen molar-refractivity contribution in [2.75, 3.05) is 13.2 Å². The van der Waals surface area contributed by atoms with Crippen molar-refractivity contribution in [3.8, 4) is 0 Å². The van der Waals surface area contributed by atoms with Crippen molar-refractivity contribution in [2.45, 2.75) is 114 Å². The fourth-order valence-electron chi connectivity index (χ4n) is 9.91. The first-order valence-electron chi connectivity index (χ1n) is 14.6. The maximum atomic E-state index is 12.4. The molecule has 0 radical (unpaired) electrons. The summed E-state index contributed by atoms with van der Waals surface area (Å²) in [6, 6.07) is 0. The van der Waals surface area contributed by atoms with Gasteiger partial charge in [0, 0.05) is 18.1 Å². The predicted octanol–water partition coefficient (Wildman–Crippen LogP) is 1.43. The molecule has 5 N–H and O–H groups in total. The summed E-state index contributed by atoms with van der Waals surface area (Å²) in [5.74, 6) is 0.414. The van der Waals surface area contributed by atoms with Crippen LogP contribution in [-0.2, 0) is 19.0 Å². The molecule has 2 heterocycles. The standard InChI is InChI=1S/C29H44O9/c1-15-23(32)24(33)25(34)26(37-15)38-18-5-9-28(14-30)17(12-18)3-4-21-20(28)6-8-27(2)19(7-10-29(21,27)35)16-11-22(31)36-13-16/h11,15,17-21,23-26,30,32-35H,3-10,12-14H2,1-2H3/t15-,17-,18+,19-,20+,21-,23-,24+,25+,26+,27-,28-,29+/m1/s1. The van der Waals surface area contributed by atoms with Crippen molar-refractivity contribution >= 4 is 5.97 Å².